The lowest BCUT2D eigenvalue weighted by atomic mass is 9.85. The van der Waals surface area contributed by atoms with E-state index in [0.717, 1.165) is 6.07 Å². The van der Waals surface area contributed by atoms with Crippen LogP contribution in [-0.2, 0) is 0 Å². The largest absolute Gasteiger partial charge is 0.465 e. The Hall–Kier alpha value is -2.54. The second kappa shape index (κ2) is 6.52. The molecule has 3 rings (SSSR count). The number of rotatable bonds is 2. The maximum atomic E-state index is 14.3. The zero-order valence-corrected chi connectivity index (χ0v) is 12.7. The van der Waals surface area contributed by atoms with Crippen LogP contribution in [0.3, 0.4) is 0 Å². The minimum absolute atomic E-state index is 0.137. The van der Waals surface area contributed by atoms with Crippen molar-refractivity contribution >= 4 is 6.09 Å². The molecule has 5 nitrogen and oxygen atoms in total. The summed E-state index contributed by atoms with van der Waals surface area (Å²) in [4.78, 5) is 15.5. The standard InChI is InChI=1S/C17H17F2N3O2/c18-12-5-1-3-9(14(12)19)10-6-7-13(20)16-11(4-2-8-21-16)15(10)22-17(23)24/h1-5,8,10,13,15,22H,6-7,20H2,(H,23,24)/t10-,13-,15+/m1/s1. The third kappa shape index (κ3) is 2.94. The molecule has 1 amide bonds. The van der Waals surface area contributed by atoms with Crippen LogP contribution in [0.5, 0.6) is 0 Å². The van der Waals surface area contributed by atoms with Crippen LogP contribution >= 0.6 is 0 Å². The van der Waals surface area contributed by atoms with Gasteiger partial charge in [-0.2, -0.15) is 0 Å². The number of benzene rings is 1. The van der Waals surface area contributed by atoms with Gasteiger partial charge in [0.2, 0.25) is 0 Å². The van der Waals surface area contributed by atoms with Crippen LogP contribution in [0.15, 0.2) is 36.5 Å². The molecular formula is C17H17F2N3O2. The molecule has 1 aromatic heterocycles. The fraction of sp³-hybridized carbons (Fsp3) is 0.294. The Balaban J connectivity index is 2.14. The van der Waals surface area contributed by atoms with Gasteiger partial charge in [-0.15, -0.1) is 0 Å². The van der Waals surface area contributed by atoms with Gasteiger partial charge in [-0.05, 0) is 36.1 Å². The Bertz CT molecular complexity index is 769. The van der Waals surface area contributed by atoms with Crippen LogP contribution in [0.2, 0.25) is 0 Å². The number of nitrogens with two attached hydrogens (primary N) is 1. The fourth-order valence-electron chi connectivity index (χ4n) is 3.34. The van der Waals surface area contributed by atoms with Gasteiger partial charge in [-0.1, -0.05) is 18.2 Å². The number of pyridine rings is 1. The Morgan fingerprint density at radius 1 is 1.21 bits per heavy atom. The van der Waals surface area contributed by atoms with Crippen molar-refractivity contribution < 1.29 is 18.7 Å². The van der Waals surface area contributed by atoms with E-state index in [-0.39, 0.29) is 11.6 Å². The summed E-state index contributed by atoms with van der Waals surface area (Å²) in [7, 11) is 0. The Morgan fingerprint density at radius 3 is 2.71 bits per heavy atom. The van der Waals surface area contributed by atoms with E-state index in [4.69, 9.17) is 5.73 Å². The quantitative estimate of drug-likeness (QED) is 0.736. The van der Waals surface area contributed by atoms with Crippen molar-refractivity contribution in [3.63, 3.8) is 0 Å². The van der Waals surface area contributed by atoms with Crippen molar-refractivity contribution in [3.8, 4) is 0 Å². The number of halogens is 2. The molecule has 0 bridgehead atoms. The van der Waals surface area contributed by atoms with E-state index in [1.165, 1.54) is 12.1 Å². The molecule has 0 saturated heterocycles. The smallest absolute Gasteiger partial charge is 0.405 e. The number of aromatic nitrogens is 1. The van der Waals surface area contributed by atoms with Crippen LogP contribution in [0.4, 0.5) is 13.6 Å². The number of carboxylic acid groups (broad SMARTS) is 1. The molecule has 0 spiro atoms. The summed E-state index contributed by atoms with van der Waals surface area (Å²) in [6.07, 6.45) is 1.23. The molecule has 0 saturated carbocycles. The van der Waals surface area contributed by atoms with Gasteiger partial charge >= 0.3 is 6.09 Å². The van der Waals surface area contributed by atoms with Crippen LogP contribution in [0.25, 0.3) is 0 Å². The summed E-state index contributed by atoms with van der Waals surface area (Å²) in [6, 6.07) is 6.19. The first-order valence-electron chi connectivity index (χ1n) is 7.62. The molecular weight excluding hydrogens is 316 g/mol. The number of hydrogen-bond donors (Lipinski definition) is 3. The minimum Gasteiger partial charge on any atom is -0.465 e. The molecule has 1 aromatic carbocycles. The van der Waals surface area contributed by atoms with Crippen molar-refractivity contribution in [2.75, 3.05) is 0 Å². The third-order valence-electron chi connectivity index (χ3n) is 4.41. The van der Waals surface area contributed by atoms with Crippen LogP contribution in [0.1, 0.15) is 47.7 Å². The maximum Gasteiger partial charge on any atom is 0.405 e. The zero-order chi connectivity index (χ0) is 17.3. The first-order chi connectivity index (χ1) is 11.5. The van der Waals surface area contributed by atoms with E-state index in [9.17, 15) is 18.7 Å². The Kier molecular flexibility index (Phi) is 4.44. The van der Waals surface area contributed by atoms with E-state index in [2.05, 4.69) is 10.3 Å². The van der Waals surface area contributed by atoms with Crippen molar-refractivity contribution in [2.24, 2.45) is 5.73 Å². The van der Waals surface area contributed by atoms with Gasteiger partial charge in [-0.25, -0.2) is 13.6 Å². The second-order valence-electron chi connectivity index (χ2n) is 5.84. The first kappa shape index (κ1) is 16.3. The number of nitrogens with zero attached hydrogens (tertiary/aromatic N) is 1. The van der Waals surface area contributed by atoms with E-state index in [1.807, 2.05) is 0 Å². The third-order valence-corrected chi connectivity index (χ3v) is 4.41. The van der Waals surface area contributed by atoms with Gasteiger partial charge in [0, 0.05) is 18.2 Å². The number of carbonyl (C=O) groups is 1. The lowest BCUT2D eigenvalue weighted by molar-refractivity contribution is 0.187. The highest BCUT2D eigenvalue weighted by Gasteiger charge is 2.35. The van der Waals surface area contributed by atoms with Crippen LogP contribution in [-0.4, -0.2) is 16.2 Å². The summed E-state index contributed by atoms with van der Waals surface area (Å²) in [5.74, 6) is -2.49. The highest BCUT2D eigenvalue weighted by molar-refractivity contribution is 5.65. The predicted molar refractivity (Wildman–Crippen MR) is 83.4 cm³/mol. The van der Waals surface area contributed by atoms with Crippen LogP contribution in [0, 0.1) is 11.6 Å². The van der Waals surface area contributed by atoms with Gasteiger partial charge < -0.3 is 16.2 Å². The van der Waals surface area contributed by atoms with Crippen molar-refractivity contribution in [2.45, 2.75) is 30.8 Å². The average Bonchev–Trinajstić information content (AvgIpc) is 2.69. The van der Waals surface area contributed by atoms with Crippen LogP contribution < -0.4 is 11.1 Å². The number of nitrogens with one attached hydrogen (secondary N) is 1. The van der Waals surface area contributed by atoms with Crippen molar-refractivity contribution in [3.05, 3.63) is 65.0 Å². The molecule has 0 radical (unpaired) electrons. The van der Waals surface area contributed by atoms with E-state index in [1.54, 1.807) is 18.3 Å². The van der Waals surface area contributed by atoms with Crippen molar-refractivity contribution in [1.82, 2.24) is 10.3 Å². The number of hydrogen-bond acceptors (Lipinski definition) is 3. The molecule has 2 aromatic rings. The normalized spacial score (nSPS) is 23.2. The zero-order valence-electron chi connectivity index (χ0n) is 12.7. The van der Waals surface area contributed by atoms with Gasteiger partial charge in [0.05, 0.1) is 11.7 Å². The van der Waals surface area contributed by atoms with E-state index >= 15 is 0 Å². The highest BCUT2D eigenvalue weighted by Crippen LogP contribution is 2.42. The lowest BCUT2D eigenvalue weighted by Gasteiger charge is -2.27. The molecule has 1 aliphatic carbocycles. The summed E-state index contributed by atoms with van der Waals surface area (Å²) in [5.41, 5.74) is 7.45. The molecule has 3 atom stereocenters. The molecule has 0 fully saturated rings. The summed E-state index contributed by atoms with van der Waals surface area (Å²) in [6.45, 7) is 0. The second-order valence-corrected chi connectivity index (χ2v) is 5.84. The molecule has 1 aliphatic rings. The van der Waals surface area contributed by atoms with Gasteiger partial charge in [0.25, 0.3) is 0 Å². The topological polar surface area (TPSA) is 88.2 Å². The fourth-order valence-corrected chi connectivity index (χ4v) is 3.34. The highest BCUT2D eigenvalue weighted by atomic mass is 19.2. The monoisotopic (exact) mass is 333 g/mol. The summed E-state index contributed by atoms with van der Waals surface area (Å²) >= 11 is 0. The Morgan fingerprint density at radius 2 is 1.96 bits per heavy atom. The average molecular weight is 333 g/mol. The number of fused-ring (bicyclic) bond motifs is 1. The van der Waals surface area contributed by atoms with E-state index < -0.39 is 29.7 Å². The molecule has 4 N–H and O–H groups in total. The molecule has 126 valence electrons. The molecule has 0 aliphatic heterocycles. The van der Waals surface area contributed by atoms with Gasteiger partial charge in [-0.3, -0.25) is 4.98 Å². The van der Waals surface area contributed by atoms with Gasteiger partial charge in [0.1, 0.15) is 0 Å². The summed E-state index contributed by atoms with van der Waals surface area (Å²) < 4.78 is 28.0. The molecule has 24 heavy (non-hydrogen) atoms. The van der Waals surface area contributed by atoms with Gasteiger partial charge in [0.15, 0.2) is 11.6 Å². The van der Waals surface area contributed by atoms with E-state index in [0.29, 0.717) is 24.1 Å². The molecule has 0 unspecified atom stereocenters. The maximum absolute atomic E-state index is 14.3. The first-order valence-corrected chi connectivity index (χ1v) is 7.62. The van der Waals surface area contributed by atoms with Crippen molar-refractivity contribution in [1.29, 1.82) is 0 Å². The SMILES string of the molecule is N[C@@H]1CC[C@H](c2cccc(F)c2F)[C@H](NC(=O)O)c2cccnc21. The molecule has 1 heterocycles. The summed E-state index contributed by atoms with van der Waals surface area (Å²) in [5, 5.41) is 11.6. The number of amides is 1. The molecule has 7 heteroatoms. The minimum atomic E-state index is -1.24. The predicted octanol–water partition coefficient (Wildman–Crippen LogP) is 3.25. The Labute approximate surface area is 137 Å². The lowest BCUT2D eigenvalue weighted by Crippen LogP contribution is -2.32.